The number of amides is 2. The van der Waals surface area contributed by atoms with Crippen molar-refractivity contribution in [3.63, 3.8) is 0 Å². The zero-order valence-electron chi connectivity index (χ0n) is 14.5. The van der Waals surface area contributed by atoms with E-state index >= 15 is 0 Å². The molecular formula is C19H19BrN2O4. The normalized spacial score (nSPS) is 29.1. The highest BCUT2D eigenvalue weighted by Crippen LogP contribution is 2.52. The minimum atomic E-state index is -0.252. The molecule has 0 N–H and O–H groups in total. The van der Waals surface area contributed by atoms with Crippen molar-refractivity contribution in [3.05, 3.63) is 34.3 Å². The Morgan fingerprint density at radius 2 is 1.88 bits per heavy atom. The molecule has 4 atom stereocenters. The van der Waals surface area contributed by atoms with Crippen LogP contribution in [-0.4, -0.2) is 36.8 Å². The first-order chi connectivity index (χ1) is 12.5. The summed E-state index contributed by atoms with van der Waals surface area (Å²) in [4.78, 5) is 25.4. The molecular weight excluding hydrogens is 400 g/mol. The molecule has 1 heterocycles. The van der Waals surface area contributed by atoms with E-state index in [1.54, 1.807) is 13.2 Å². The molecule has 4 unspecified atom stereocenters. The van der Waals surface area contributed by atoms with E-state index in [0.29, 0.717) is 23.7 Å². The summed E-state index contributed by atoms with van der Waals surface area (Å²) in [5.74, 6) is 0.527. The van der Waals surface area contributed by atoms with Crippen molar-refractivity contribution < 1.29 is 19.1 Å². The van der Waals surface area contributed by atoms with Crippen LogP contribution < -0.4 is 9.47 Å². The maximum absolute atomic E-state index is 12.7. The number of fused-ring (bicyclic) bond motifs is 5. The molecule has 2 fully saturated rings. The van der Waals surface area contributed by atoms with Crippen LogP contribution in [0, 0.1) is 23.7 Å². The van der Waals surface area contributed by atoms with Gasteiger partial charge < -0.3 is 9.47 Å². The predicted molar refractivity (Wildman–Crippen MR) is 99.0 cm³/mol. The maximum atomic E-state index is 12.7. The number of hydrogen-bond donors (Lipinski definition) is 0. The maximum Gasteiger partial charge on any atom is 0.254 e. The number of nitrogens with zero attached hydrogens (tertiary/aromatic N) is 2. The van der Waals surface area contributed by atoms with Gasteiger partial charge in [0.05, 0.1) is 31.8 Å². The Kier molecular flexibility index (Phi) is 4.34. The molecule has 2 amide bonds. The van der Waals surface area contributed by atoms with E-state index in [2.05, 4.69) is 33.2 Å². The van der Waals surface area contributed by atoms with E-state index in [1.165, 1.54) is 6.21 Å². The quantitative estimate of drug-likeness (QED) is 0.418. The van der Waals surface area contributed by atoms with Crippen LogP contribution >= 0.6 is 15.9 Å². The van der Waals surface area contributed by atoms with Gasteiger partial charge >= 0.3 is 0 Å². The smallest absolute Gasteiger partial charge is 0.254 e. The van der Waals surface area contributed by atoms with Gasteiger partial charge in [0.2, 0.25) is 0 Å². The number of ether oxygens (including phenoxy) is 2. The fourth-order valence-electron chi connectivity index (χ4n) is 4.26. The molecule has 136 valence electrons. The SMILES string of the molecule is CCOc1c(C=NN2C(=O)C3C4C=CC(C4)C3C2=O)cc(Br)cc1OC. The lowest BCUT2D eigenvalue weighted by Crippen LogP contribution is -2.28. The van der Waals surface area contributed by atoms with E-state index in [9.17, 15) is 9.59 Å². The second-order valence-corrected chi connectivity index (χ2v) is 7.61. The largest absolute Gasteiger partial charge is 0.493 e. The molecule has 1 aromatic rings. The number of benzene rings is 1. The van der Waals surface area contributed by atoms with Gasteiger partial charge in [-0.15, -0.1) is 0 Å². The average Bonchev–Trinajstić information content (AvgIpc) is 3.30. The highest BCUT2D eigenvalue weighted by molar-refractivity contribution is 9.10. The molecule has 0 aromatic heterocycles. The molecule has 2 bridgehead atoms. The van der Waals surface area contributed by atoms with Gasteiger partial charge in [-0.25, -0.2) is 0 Å². The number of halogens is 1. The molecule has 1 saturated heterocycles. The molecule has 2 aliphatic carbocycles. The fraction of sp³-hybridized carbons (Fsp3) is 0.421. The van der Waals surface area contributed by atoms with Gasteiger partial charge in [0.15, 0.2) is 11.5 Å². The number of rotatable bonds is 5. The first-order valence-corrected chi connectivity index (χ1v) is 9.45. The topological polar surface area (TPSA) is 68.2 Å². The lowest BCUT2D eigenvalue weighted by atomic mass is 9.85. The number of carbonyl (C=O) groups is 2. The third-order valence-corrected chi connectivity index (χ3v) is 5.77. The summed E-state index contributed by atoms with van der Waals surface area (Å²) in [6, 6.07) is 3.61. The van der Waals surface area contributed by atoms with Crippen molar-refractivity contribution in [1.29, 1.82) is 0 Å². The lowest BCUT2D eigenvalue weighted by molar-refractivity contribution is -0.140. The standard InChI is InChI=1S/C19H19BrN2O4/c1-3-26-17-12(7-13(20)8-14(17)25-2)9-21-22-18(23)15-10-4-5-11(6-10)16(15)19(22)24/h4-5,7-11,15-16H,3,6H2,1-2H3. The number of carbonyl (C=O) groups excluding carboxylic acids is 2. The van der Waals surface area contributed by atoms with Crippen LogP contribution in [0.1, 0.15) is 18.9 Å². The number of hydrogen-bond acceptors (Lipinski definition) is 5. The van der Waals surface area contributed by atoms with Crippen LogP contribution in [0.5, 0.6) is 11.5 Å². The van der Waals surface area contributed by atoms with Crippen molar-refractivity contribution in [3.8, 4) is 11.5 Å². The van der Waals surface area contributed by atoms with E-state index < -0.39 is 0 Å². The summed E-state index contributed by atoms with van der Waals surface area (Å²) >= 11 is 3.43. The van der Waals surface area contributed by atoms with Gasteiger partial charge in [0, 0.05) is 10.0 Å². The average molecular weight is 419 g/mol. The number of hydrazone groups is 1. The van der Waals surface area contributed by atoms with Gasteiger partial charge in [0.1, 0.15) is 0 Å². The molecule has 3 aliphatic rings. The Balaban J connectivity index is 1.64. The van der Waals surface area contributed by atoms with Gasteiger partial charge in [-0.3, -0.25) is 9.59 Å². The molecule has 1 aliphatic heterocycles. The molecule has 7 heteroatoms. The van der Waals surface area contributed by atoms with E-state index in [-0.39, 0.29) is 35.5 Å². The Morgan fingerprint density at radius 3 is 2.46 bits per heavy atom. The molecule has 6 nitrogen and oxygen atoms in total. The summed E-state index contributed by atoms with van der Waals surface area (Å²) in [7, 11) is 1.56. The number of methoxy groups -OCH3 is 1. The predicted octanol–water partition coefficient (Wildman–Crippen LogP) is 3.00. The highest BCUT2D eigenvalue weighted by atomic mass is 79.9. The van der Waals surface area contributed by atoms with Crippen molar-refractivity contribution in [2.75, 3.05) is 13.7 Å². The summed E-state index contributed by atoms with van der Waals surface area (Å²) in [5.41, 5.74) is 0.636. The number of allylic oxidation sites excluding steroid dienone is 2. The lowest BCUT2D eigenvalue weighted by Gasteiger charge is -2.14. The molecule has 4 rings (SSSR count). The van der Waals surface area contributed by atoms with Gasteiger partial charge in [-0.05, 0) is 37.3 Å². The third kappa shape index (κ3) is 2.57. The Labute approximate surface area is 160 Å². The second kappa shape index (κ2) is 6.54. The highest BCUT2D eigenvalue weighted by Gasteiger charge is 2.59. The Morgan fingerprint density at radius 1 is 1.23 bits per heavy atom. The van der Waals surface area contributed by atoms with E-state index in [1.807, 2.05) is 13.0 Å². The molecule has 1 saturated carbocycles. The first-order valence-electron chi connectivity index (χ1n) is 8.65. The summed E-state index contributed by atoms with van der Waals surface area (Å²) in [5, 5.41) is 5.25. The number of imide groups is 1. The summed E-state index contributed by atoms with van der Waals surface area (Å²) in [6.07, 6.45) is 6.53. The zero-order chi connectivity index (χ0) is 18.4. The minimum Gasteiger partial charge on any atom is -0.493 e. The van der Waals surface area contributed by atoms with Crippen LogP contribution in [0.3, 0.4) is 0 Å². The van der Waals surface area contributed by atoms with Crippen LogP contribution in [0.15, 0.2) is 33.9 Å². The molecule has 0 radical (unpaired) electrons. The van der Waals surface area contributed by atoms with E-state index in [0.717, 1.165) is 15.9 Å². The third-order valence-electron chi connectivity index (χ3n) is 5.32. The van der Waals surface area contributed by atoms with Gasteiger partial charge in [-0.1, -0.05) is 28.1 Å². The van der Waals surface area contributed by atoms with Gasteiger partial charge in [-0.2, -0.15) is 10.1 Å². The fourth-order valence-corrected chi connectivity index (χ4v) is 4.71. The van der Waals surface area contributed by atoms with Crippen LogP contribution in [-0.2, 0) is 9.59 Å². The van der Waals surface area contributed by atoms with Crippen LogP contribution in [0.25, 0.3) is 0 Å². The zero-order valence-corrected chi connectivity index (χ0v) is 16.1. The van der Waals surface area contributed by atoms with Crippen LogP contribution in [0.4, 0.5) is 0 Å². The molecule has 26 heavy (non-hydrogen) atoms. The second-order valence-electron chi connectivity index (χ2n) is 6.69. The monoisotopic (exact) mass is 418 g/mol. The van der Waals surface area contributed by atoms with Crippen molar-refractivity contribution in [1.82, 2.24) is 5.01 Å². The molecule has 1 aromatic carbocycles. The van der Waals surface area contributed by atoms with Gasteiger partial charge in [0.25, 0.3) is 11.8 Å². The minimum absolute atomic E-state index is 0.173. The van der Waals surface area contributed by atoms with Crippen LogP contribution in [0.2, 0.25) is 0 Å². The summed E-state index contributed by atoms with van der Waals surface area (Å²) in [6.45, 7) is 2.33. The Bertz CT molecular complexity index is 805. The first kappa shape index (κ1) is 17.3. The van der Waals surface area contributed by atoms with Crippen molar-refractivity contribution in [2.24, 2.45) is 28.8 Å². The van der Waals surface area contributed by atoms with E-state index in [4.69, 9.17) is 9.47 Å². The Hall–Kier alpha value is -2.15. The molecule has 0 spiro atoms. The van der Waals surface area contributed by atoms with Crippen molar-refractivity contribution >= 4 is 34.0 Å². The van der Waals surface area contributed by atoms with Crippen molar-refractivity contribution in [2.45, 2.75) is 13.3 Å². The summed E-state index contributed by atoms with van der Waals surface area (Å²) < 4.78 is 11.8.